The van der Waals surface area contributed by atoms with Crippen molar-refractivity contribution >= 4 is 42.4 Å². The number of ether oxygens (including phenoxy) is 1. The summed E-state index contributed by atoms with van der Waals surface area (Å²) in [7, 11) is 0. The number of amides is 1. The van der Waals surface area contributed by atoms with Gasteiger partial charge in [-0.2, -0.15) is 4.39 Å². The van der Waals surface area contributed by atoms with E-state index in [1.165, 1.54) is 11.1 Å². The Hall–Kier alpha value is -3.04. The van der Waals surface area contributed by atoms with Crippen molar-refractivity contribution in [3.05, 3.63) is 61.1 Å². The van der Waals surface area contributed by atoms with Gasteiger partial charge in [0.05, 0.1) is 6.54 Å². The number of carbonyl (C=O) groups excluding carboxylic acids is 1. The molecular formula is C23H25Cl2FN6O2. The Balaban J connectivity index is 0.00000162. The van der Waals surface area contributed by atoms with E-state index >= 15 is 0 Å². The van der Waals surface area contributed by atoms with Gasteiger partial charge >= 0.3 is 6.09 Å². The number of anilines is 2. The number of halogens is 3. The van der Waals surface area contributed by atoms with E-state index in [2.05, 4.69) is 25.3 Å². The number of hydrogen-bond donors (Lipinski definition) is 1. The lowest BCUT2D eigenvalue weighted by molar-refractivity contribution is 0.0148. The molecule has 0 unspecified atom stereocenters. The molecule has 3 aromatic rings. The summed E-state index contributed by atoms with van der Waals surface area (Å²) in [5, 5.41) is 3.39. The Morgan fingerprint density at radius 3 is 2.44 bits per heavy atom. The predicted octanol–water partition coefficient (Wildman–Crippen LogP) is 4.91. The second-order valence-corrected chi connectivity index (χ2v) is 8.28. The van der Waals surface area contributed by atoms with E-state index in [-0.39, 0.29) is 30.5 Å². The van der Waals surface area contributed by atoms with Gasteiger partial charge in [0.1, 0.15) is 17.1 Å². The lowest BCUT2D eigenvalue weighted by Crippen LogP contribution is -2.39. The van der Waals surface area contributed by atoms with Crippen LogP contribution >= 0.6 is 24.8 Å². The first-order chi connectivity index (χ1) is 15.6. The molecule has 180 valence electrons. The van der Waals surface area contributed by atoms with E-state index < -0.39 is 17.6 Å². The highest BCUT2D eigenvalue weighted by Crippen LogP contribution is 2.41. The normalized spacial score (nSPS) is 21.4. The van der Waals surface area contributed by atoms with E-state index in [1.807, 2.05) is 12.1 Å². The van der Waals surface area contributed by atoms with Gasteiger partial charge in [0, 0.05) is 36.9 Å². The molecule has 0 radical (unpaired) electrons. The second kappa shape index (κ2) is 10.9. The molecule has 1 saturated heterocycles. The van der Waals surface area contributed by atoms with Crippen LogP contribution in [0.3, 0.4) is 0 Å². The maximum Gasteiger partial charge on any atom is 0.415 e. The van der Waals surface area contributed by atoms with Crippen molar-refractivity contribution in [2.24, 2.45) is 5.92 Å². The third-order valence-electron chi connectivity index (χ3n) is 6.18. The number of pyridine rings is 2. The van der Waals surface area contributed by atoms with Gasteiger partial charge in [0.25, 0.3) is 0 Å². The fraction of sp³-hybridized carbons (Fsp3) is 0.348. The number of carbonyl (C=O) groups is 1. The molecule has 5 rings (SSSR count). The van der Waals surface area contributed by atoms with Crippen molar-refractivity contribution < 1.29 is 13.9 Å². The number of hydrogen-bond acceptors (Lipinski definition) is 7. The molecule has 1 amide bonds. The lowest BCUT2D eigenvalue weighted by Gasteiger charge is -2.35. The molecule has 0 aromatic carbocycles. The number of nitrogens with zero attached hydrogens (tertiary/aromatic N) is 5. The minimum Gasteiger partial charge on any atom is -0.441 e. The van der Waals surface area contributed by atoms with E-state index in [0.29, 0.717) is 18.3 Å². The van der Waals surface area contributed by atoms with E-state index in [1.54, 1.807) is 36.8 Å². The highest BCUT2D eigenvalue weighted by molar-refractivity contribution is 5.90. The first kappa shape index (κ1) is 25.6. The van der Waals surface area contributed by atoms with Gasteiger partial charge < -0.3 is 10.1 Å². The van der Waals surface area contributed by atoms with Crippen molar-refractivity contribution in [3.63, 3.8) is 0 Å². The number of rotatable bonds is 5. The molecule has 0 atom stereocenters. The molecule has 34 heavy (non-hydrogen) atoms. The molecule has 4 heterocycles. The maximum absolute atomic E-state index is 14.0. The molecule has 2 fully saturated rings. The SMILES string of the molecule is Cl.Cl.O=C1OC2(CCC(CNc3ccc(-c4ncccn4)cn3)CC2)CN1c1cccnc1F. The molecule has 1 saturated carbocycles. The van der Waals surface area contributed by atoms with Crippen molar-refractivity contribution in [3.8, 4) is 11.4 Å². The van der Waals surface area contributed by atoms with Gasteiger partial charge in [-0.3, -0.25) is 4.90 Å². The van der Waals surface area contributed by atoms with Gasteiger partial charge in [0.2, 0.25) is 5.95 Å². The van der Waals surface area contributed by atoms with Crippen LogP contribution in [0.5, 0.6) is 0 Å². The topological polar surface area (TPSA) is 93.1 Å². The molecule has 1 spiro atoms. The third kappa shape index (κ3) is 5.37. The molecule has 11 heteroatoms. The van der Waals surface area contributed by atoms with E-state index in [0.717, 1.165) is 43.6 Å². The molecule has 2 aliphatic rings. The van der Waals surface area contributed by atoms with Gasteiger partial charge in [-0.25, -0.2) is 24.7 Å². The van der Waals surface area contributed by atoms with Crippen LogP contribution in [0.15, 0.2) is 55.1 Å². The summed E-state index contributed by atoms with van der Waals surface area (Å²) >= 11 is 0. The minimum absolute atomic E-state index is 0. The molecule has 0 bridgehead atoms. The van der Waals surface area contributed by atoms with Crippen LogP contribution in [0.2, 0.25) is 0 Å². The zero-order chi connectivity index (χ0) is 22.0. The summed E-state index contributed by atoms with van der Waals surface area (Å²) in [6.07, 6.45) is 9.38. The van der Waals surface area contributed by atoms with Crippen molar-refractivity contribution in [1.82, 2.24) is 19.9 Å². The van der Waals surface area contributed by atoms with Gasteiger partial charge in [-0.15, -0.1) is 24.8 Å². The quantitative estimate of drug-likeness (QED) is 0.491. The Morgan fingerprint density at radius 2 is 1.76 bits per heavy atom. The van der Waals surface area contributed by atoms with Gasteiger partial charge in [-0.1, -0.05) is 0 Å². The molecule has 3 aromatic heterocycles. The predicted molar refractivity (Wildman–Crippen MR) is 131 cm³/mol. The highest BCUT2D eigenvalue weighted by Gasteiger charge is 2.48. The fourth-order valence-electron chi connectivity index (χ4n) is 4.38. The Morgan fingerprint density at radius 1 is 1.03 bits per heavy atom. The number of nitrogens with one attached hydrogen (secondary N) is 1. The van der Waals surface area contributed by atoms with Crippen LogP contribution in [-0.4, -0.2) is 44.7 Å². The van der Waals surface area contributed by atoms with E-state index in [4.69, 9.17) is 4.74 Å². The first-order valence-electron chi connectivity index (χ1n) is 10.7. The van der Waals surface area contributed by atoms with Gasteiger partial charge in [-0.05, 0) is 61.9 Å². The van der Waals surface area contributed by atoms with Crippen LogP contribution in [-0.2, 0) is 4.74 Å². The Labute approximate surface area is 209 Å². The Bertz CT molecular complexity index is 1100. The van der Waals surface area contributed by atoms with Crippen LogP contribution in [0.4, 0.5) is 20.7 Å². The molecular weight excluding hydrogens is 482 g/mol. The number of aromatic nitrogens is 4. The first-order valence-corrected chi connectivity index (χ1v) is 10.7. The fourth-order valence-corrected chi connectivity index (χ4v) is 4.38. The van der Waals surface area contributed by atoms with Crippen LogP contribution in [0.25, 0.3) is 11.4 Å². The zero-order valence-electron chi connectivity index (χ0n) is 18.3. The monoisotopic (exact) mass is 506 g/mol. The average Bonchev–Trinajstić information content (AvgIpc) is 3.15. The average molecular weight is 507 g/mol. The summed E-state index contributed by atoms with van der Waals surface area (Å²) in [6.45, 7) is 1.15. The summed E-state index contributed by atoms with van der Waals surface area (Å²) in [6, 6.07) is 8.83. The van der Waals surface area contributed by atoms with Gasteiger partial charge in [0.15, 0.2) is 5.82 Å². The lowest BCUT2D eigenvalue weighted by atomic mass is 9.78. The van der Waals surface area contributed by atoms with E-state index in [9.17, 15) is 9.18 Å². The second-order valence-electron chi connectivity index (χ2n) is 8.28. The van der Waals surface area contributed by atoms with Crippen molar-refractivity contribution in [2.75, 3.05) is 23.3 Å². The Kier molecular flexibility index (Phi) is 8.22. The summed E-state index contributed by atoms with van der Waals surface area (Å²) in [4.78, 5) is 30.3. The highest BCUT2D eigenvalue weighted by atomic mass is 35.5. The standard InChI is InChI=1S/C23H23FN6O2.2ClH/c24-20-18(3-1-10-25-20)30-15-23(32-22(30)31)8-6-16(7-9-23)13-28-19-5-4-17(14-29-19)21-26-11-2-12-27-21;;/h1-5,10-12,14,16H,6-9,13,15H2,(H,28,29);2*1H. The largest absolute Gasteiger partial charge is 0.441 e. The van der Waals surface area contributed by atoms with Crippen LogP contribution in [0.1, 0.15) is 25.7 Å². The van der Waals surface area contributed by atoms with Crippen molar-refractivity contribution in [1.29, 1.82) is 0 Å². The smallest absolute Gasteiger partial charge is 0.415 e. The molecule has 1 N–H and O–H groups in total. The zero-order valence-corrected chi connectivity index (χ0v) is 19.9. The van der Waals surface area contributed by atoms with Crippen LogP contribution in [0, 0.1) is 11.9 Å². The third-order valence-corrected chi connectivity index (χ3v) is 6.18. The summed E-state index contributed by atoms with van der Waals surface area (Å²) < 4.78 is 19.8. The van der Waals surface area contributed by atoms with Crippen molar-refractivity contribution in [2.45, 2.75) is 31.3 Å². The minimum atomic E-state index is -0.656. The molecule has 1 aliphatic heterocycles. The molecule has 8 nitrogen and oxygen atoms in total. The summed E-state index contributed by atoms with van der Waals surface area (Å²) in [5.74, 6) is 1.24. The summed E-state index contributed by atoms with van der Waals surface area (Å²) in [5.41, 5.74) is 0.493. The van der Waals surface area contributed by atoms with Crippen LogP contribution < -0.4 is 10.2 Å². The maximum atomic E-state index is 14.0. The molecule has 1 aliphatic carbocycles.